The fourth-order valence-corrected chi connectivity index (χ4v) is 3.59. The Morgan fingerprint density at radius 3 is 2.78 bits per heavy atom. The zero-order valence-electron chi connectivity index (χ0n) is 14.6. The van der Waals surface area contributed by atoms with E-state index in [1.54, 1.807) is 25.3 Å². The van der Waals surface area contributed by atoms with E-state index >= 15 is 0 Å². The van der Waals surface area contributed by atoms with Gasteiger partial charge in [0.25, 0.3) is 5.91 Å². The molecular weight excluding hydrogens is 388 g/mol. The van der Waals surface area contributed by atoms with Crippen LogP contribution in [0.15, 0.2) is 33.8 Å². The molecule has 10 heteroatoms. The number of carbonyl (C=O) groups is 2. The molecule has 1 aromatic carbocycles. The number of rotatable bonds is 6. The highest BCUT2D eigenvalue weighted by molar-refractivity contribution is 8.26. The first-order valence-corrected chi connectivity index (χ1v) is 9.25. The normalized spacial score (nSPS) is 15.5. The van der Waals surface area contributed by atoms with E-state index < -0.39 is 5.91 Å². The first kappa shape index (κ1) is 19.1. The summed E-state index contributed by atoms with van der Waals surface area (Å²) in [6, 6.07) is 7.28. The van der Waals surface area contributed by atoms with Gasteiger partial charge in [-0.1, -0.05) is 48.2 Å². The van der Waals surface area contributed by atoms with Crippen LogP contribution in [0.1, 0.15) is 18.2 Å². The summed E-state index contributed by atoms with van der Waals surface area (Å²) in [5, 5.41) is 9.92. The molecule has 0 spiro atoms. The number of amides is 2. The van der Waals surface area contributed by atoms with Crippen molar-refractivity contribution in [2.75, 3.05) is 19.0 Å². The summed E-state index contributed by atoms with van der Waals surface area (Å²) in [6.45, 7) is 1.65. The minimum Gasteiger partial charge on any atom is -0.497 e. The topological polar surface area (TPSA) is 97.6 Å². The maximum Gasteiger partial charge on any atom is 0.266 e. The lowest BCUT2D eigenvalue weighted by Gasteiger charge is -2.13. The van der Waals surface area contributed by atoms with Crippen molar-refractivity contribution < 1.29 is 19.0 Å². The minimum atomic E-state index is -0.428. The highest BCUT2D eigenvalue weighted by atomic mass is 32.2. The van der Waals surface area contributed by atoms with Crippen molar-refractivity contribution in [1.29, 1.82) is 0 Å². The van der Waals surface area contributed by atoms with Gasteiger partial charge in [0.2, 0.25) is 11.7 Å². The molecule has 1 aliphatic rings. The third-order valence-electron chi connectivity index (χ3n) is 3.74. The molecule has 3 rings (SSSR count). The van der Waals surface area contributed by atoms with Gasteiger partial charge < -0.3 is 10.1 Å². The zero-order valence-corrected chi connectivity index (χ0v) is 16.2. The first-order valence-electron chi connectivity index (χ1n) is 8.02. The van der Waals surface area contributed by atoms with Crippen LogP contribution in [0.4, 0.5) is 5.82 Å². The third kappa shape index (κ3) is 4.34. The van der Waals surface area contributed by atoms with Crippen LogP contribution < -0.4 is 10.1 Å². The Morgan fingerprint density at radius 1 is 1.37 bits per heavy atom. The second kappa shape index (κ2) is 8.31. The highest BCUT2D eigenvalue weighted by Gasteiger charge is 2.33. The fraction of sp³-hybridized carbons (Fsp3) is 0.235. The Bertz CT molecular complexity index is 908. The summed E-state index contributed by atoms with van der Waals surface area (Å²) >= 11 is 6.40. The van der Waals surface area contributed by atoms with Crippen LogP contribution in [-0.2, 0) is 16.0 Å². The zero-order chi connectivity index (χ0) is 19.4. The lowest BCUT2D eigenvalue weighted by atomic mass is 10.2. The Labute approximate surface area is 164 Å². The average molecular weight is 404 g/mol. The van der Waals surface area contributed by atoms with Crippen LogP contribution in [0.5, 0.6) is 5.75 Å². The van der Waals surface area contributed by atoms with Crippen LogP contribution in [0.2, 0.25) is 0 Å². The SMILES string of the molecule is CCc1nonc1NC(=O)CN1C(=O)/C(=C/c2ccc(OC)cc2)SC1=S. The van der Waals surface area contributed by atoms with Crippen LogP contribution >= 0.6 is 24.0 Å². The molecule has 8 nitrogen and oxygen atoms in total. The first-order chi connectivity index (χ1) is 13.0. The van der Waals surface area contributed by atoms with E-state index in [1.807, 2.05) is 19.1 Å². The molecule has 1 N–H and O–H groups in total. The van der Waals surface area contributed by atoms with E-state index in [0.29, 0.717) is 21.3 Å². The number of hydrogen-bond donors (Lipinski definition) is 1. The van der Waals surface area contributed by atoms with Crippen LogP contribution in [0.25, 0.3) is 6.08 Å². The van der Waals surface area contributed by atoms with Gasteiger partial charge in [0, 0.05) is 0 Å². The largest absolute Gasteiger partial charge is 0.497 e. The highest BCUT2D eigenvalue weighted by Crippen LogP contribution is 2.32. The molecule has 27 heavy (non-hydrogen) atoms. The second-order valence-corrected chi connectivity index (χ2v) is 7.18. The quantitative estimate of drug-likeness (QED) is 0.579. The van der Waals surface area contributed by atoms with Crippen LogP contribution in [0, 0.1) is 0 Å². The number of methoxy groups -OCH3 is 1. The number of aromatic nitrogens is 2. The molecule has 2 heterocycles. The number of nitrogens with zero attached hydrogens (tertiary/aromatic N) is 3. The molecule has 0 aliphatic carbocycles. The number of thiocarbonyl (C=S) groups is 1. The molecule has 0 atom stereocenters. The number of thioether (sulfide) groups is 1. The summed E-state index contributed by atoms with van der Waals surface area (Å²) < 4.78 is 10.0. The molecule has 2 aromatic rings. The standard InChI is InChI=1S/C17H16N4O4S2/c1-3-12-15(20-25-19-12)18-14(22)9-21-16(23)13(27-17(21)26)8-10-4-6-11(24-2)7-5-10/h4-8H,3,9H2,1-2H3,(H,18,20,22)/b13-8-. The third-order valence-corrected chi connectivity index (χ3v) is 5.12. The van der Waals surface area contributed by atoms with Gasteiger partial charge in [-0.05, 0) is 35.3 Å². The molecule has 0 saturated carbocycles. The van der Waals surface area contributed by atoms with Gasteiger partial charge in [-0.15, -0.1) is 0 Å². The summed E-state index contributed by atoms with van der Waals surface area (Å²) in [5.41, 5.74) is 1.37. The molecule has 140 valence electrons. The Morgan fingerprint density at radius 2 is 2.11 bits per heavy atom. The Balaban J connectivity index is 1.68. The number of aryl methyl sites for hydroxylation is 1. The Hall–Kier alpha value is -2.72. The van der Waals surface area contributed by atoms with Crippen molar-refractivity contribution >= 4 is 52.0 Å². The number of ether oxygens (including phenoxy) is 1. The van der Waals surface area contributed by atoms with Crippen LogP contribution in [0.3, 0.4) is 0 Å². The second-order valence-electron chi connectivity index (χ2n) is 5.50. The van der Waals surface area contributed by atoms with Crippen molar-refractivity contribution in [3.63, 3.8) is 0 Å². The average Bonchev–Trinajstić information content (AvgIpc) is 3.21. The number of anilines is 1. The summed E-state index contributed by atoms with van der Waals surface area (Å²) in [5.74, 6) is 0.235. The smallest absolute Gasteiger partial charge is 0.266 e. The molecule has 1 aromatic heterocycles. The van der Waals surface area contributed by atoms with E-state index in [4.69, 9.17) is 17.0 Å². The van der Waals surface area contributed by atoms with E-state index in [9.17, 15) is 9.59 Å². The van der Waals surface area contributed by atoms with Crippen molar-refractivity contribution in [3.8, 4) is 5.75 Å². The van der Waals surface area contributed by atoms with E-state index in [1.165, 1.54) is 4.90 Å². The minimum absolute atomic E-state index is 0.208. The molecule has 2 amide bonds. The van der Waals surface area contributed by atoms with Crippen LogP contribution in [-0.4, -0.2) is 45.0 Å². The van der Waals surface area contributed by atoms with Gasteiger partial charge in [-0.3, -0.25) is 14.5 Å². The van der Waals surface area contributed by atoms with Gasteiger partial charge in [0.15, 0.2) is 0 Å². The van der Waals surface area contributed by atoms with E-state index in [0.717, 1.165) is 23.1 Å². The monoisotopic (exact) mass is 404 g/mol. The summed E-state index contributed by atoms with van der Waals surface area (Å²) in [6.07, 6.45) is 2.29. The lowest BCUT2D eigenvalue weighted by molar-refractivity contribution is -0.126. The predicted molar refractivity (Wildman–Crippen MR) is 105 cm³/mol. The maximum atomic E-state index is 12.6. The molecule has 1 aliphatic heterocycles. The lowest BCUT2D eigenvalue weighted by Crippen LogP contribution is -2.36. The van der Waals surface area contributed by atoms with Crippen molar-refractivity contribution in [1.82, 2.24) is 15.2 Å². The molecule has 1 fully saturated rings. The summed E-state index contributed by atoms with van der Waals surface area (Å²) in [7, 11) is 1.59. The number of carbonyl (C=O) groups excluding carboxylic acids is 2. The fourth-order valence-electron chi connectivity index (χ4n) is 2.34. The van der Waals surface area contributed by atoms with E-state index in [-0.39, 0.29) is 18.3 Å². The van der Waals surface area contributed by atoms with E-state index in [2.05, 4.69) is 20.3 Å². The van der Waals surface area contributed by atoms with Gasteiger partial charge in [-0.25, -0.2) is 4.63 Å². The Kier molecular flexibility index (Phi) is 5.87. The maximum absolute atomic E-state index is 12.6. The molecule has 0 bridgehead atoms. The molecule has 0 unspecified atom stereocenters. The number of benzene rings is 1. The van der Waals surface area contributed by atoms with Gasteiger partial charge in [0.05, 0.1) is 12.0 Å². The number of nitrogens with one attached hydrogen (secondary N) is 1. The van der Waals surface area contributed by atoms with Crippen molar-refractivity contribution in [2.24, 2.45) is 0 Å². The number of hydrogen-bond acceptors (Lipinski definition) is 8. The predicted octanol–water partition coefficient (Wildman–Crippen LogP) is 2.48. The van der Waals surface area contributed by atoms with Gasteiger partial charge >= 0.3 is 0 Å². The molecular formula is C17H16N4O4S2. The van der Waals surface area contributed by atoms with Gasteiger partial charge in [0.1, 0.15) is 22.3 Å². The van der Waals surface area contributed by atoms with Crippen molar-refractivity contribution in [2.45, 2.75) is 13.3 Å². The summed E-state index contributed by atoms with van der Waals surface area (Å²) in [4.78, 5) is 26.6. The van der Waals surface area contributed by atoms with Crippen molar-refractivity contribution in [3.05, 3.63) is 40.4 Å². The molecule has 0 radical (unpaired) electrons. The molecule has 1 saturated heterocycles. The van der Waals surface area contributed by atoms with Gasteiger partial charge in [-0.2, -0.15) is 0 Å².